The van der Waals surface area contributed by atoms with Gasteiger partial charge in [-0.25, -0.2) is 9.97 Å². The Bertz CT molecular complexity index is 439. The smallest absolute Gasteiger partial charge is 0.257 e. The maximum absolute atomic E-state index is 12.4. The van der Waals surface area contributed by atoms with E-state index in [2.05, 4.69) is 9.97 Å². The number of carbonyl (C=O) groups is 1. The number of nitrogens with zero attached hydrogens (tertiary/aromatic N) is 3. The molecule has 1 fully saturated rings. The highest BCUT2D eigenvalue weighted by molar-refractivity contribution is 7.98. The maximum Gasteiger partial charge on any atom is 0.257 e. The van der Waals surface area contributed by atoms with Crippen molar-refractivity contribution in [3.05, 3.63) is 18.0 Å². The van der Waals surface area contributed by atoms with E-state index in [-0.39, 0.29) is 5.91 Å². The lowest BCUT2D eigenvalue weighted by atomic mass is 9.95. The first-order chi connectivity index (χ1) is 9.74. The van der Waals surface area contributed by atoms with Gasteiger partial charge in [-0.3, -0.25) is 4.79 Å². The highest BCUT2D eigenvalue weighted by Crippen LogP contribution is 2.21. The molecule has 0 spiro atoms. The van der Waals surface area contributed by atoms with Crippen LogP contribution in [-0.2, 0) is 4.74 Å². The van der Waals surface area contributed by atoms with Crippen molar-refractivity contribution in [1.82, 2.24) is 14.9 Å². The summed E-state index contributed by atoms with van der Waals surface area (Å²) in [6.45, 7) is 2.40. The van der Waals surface area contributed by atoms with Gasteiger partial charge in [0.1, 0.15) is 0 Å². The summed E-state index contributed by atoms with van der Waals surface area (Å²) in [5, 5.41) is 0.693. The third-order valence-corrected chi connectivity index (χ3v) is 4.17. The van der Waals surface area contributed by atoms with Crippen LogP contribution in [0.2, 0.25) is 0 Å². The average molecular weight is 295 g/mol. The number of thioether (sulfide) groups is 1. The van der Waals surface area contributed by atoms with Crippen molar-refractivity contribution in [2.24, 2.45) is 5.92 Å². The molecule has 0 unspecified atom stereocenters. The lowest BCUT2D eigenvalue weighted by molar-refractivity contribution is 0.0641. The third-order valence-electron chi connectivity index (χ3n) is 3.59. The predicted octanol–water partition coefficient (Wildman–Crippen LogP) is 2.09. The Kier molecular flexibility index (Phi) is 5.79. The lowest BCUT2D eigenvalue weighted by Crippen LogP contribution is -2.40. The molecule has 1 aliphatic rings. The van der Waals surface area contributed by atoms with Crippen molar-refractivity contribution in [1.29, 1.82) is 0 Å². The van der Waals surface area contributed by atoms with Crippen LogP contribution >= 0.6 is 11.8 Å². The van der Waals surface area contributed by atoms with Crippen molar-refractivity contribution < 1.29 is 9.53 Å². The molecule has 1 aromatic heterocycles. The summed E-state index contributed by atoms with van der Waals surface area (Å²) >= 11 is 1.47. The molecule has 2 heterocycles. The summed E-state index contributed by atoms with van der Waals surface area (Å²) in [6.07, 6.45) is 8.42. The van der Waals surface area contributed by atoms with Gasteiger partial charge in [0.05, 0.1) is 5.56 Å². The van der Waals surface area contributed by atoms with Gasteiger partial charge in [-0.2, -0.15) is 0 Å². The zero-order valence-electron chi connectivity index (χ0n) is 12.0. The number of aromatic nitrogens is 2. The number of piperidine rings is 1. The maximum atomic E-state index is 12.4. The van der Waals surface area contributed by atoms with Crippen molar-refractivity contribution in [2.45, 2.75) is 24.4 Å². The predicted molar refractivity (Wildman–Crippen MR) is 78.9 cm³/mol. The second-order valence-corrected chi connectivity index (χ2v) is 5.77. The highest BCUT2D eigenvalue weighted by atomic mass is 32.2. The molecule has 2 rings (SSSR count). The number of hydrogen-bond donors (Lipinski definition) is 0. The van der Waals surface area contributed by atoms with E-state index in [0.717, 1.165) is 32.5 Å². The molecule has 0 bridgehead atoms. The normalized spacial score (nSPS) is 19.1. The summed E-state index contributed by atoms with van der Waals surface area (Å²) in [5.41, 5.74) is 0.579. The molecule has 6 heteroatoms. The fraction of sp³-hybridized carbons (Fsp3) is 0.643. The molecule has 0 N–H and O–H groups in total. The third kappa shape index (κ3) is 3.93. The Labute approximate surface area is 124 Å². The zero-order chi connectivity index (χ0) is 14.4. The van der Waals surface area contributed by atoms with Gasteiger partial charge in [-0.05, 0) is 31.4 Å². The fourth-order valence-corrected chi connectivity index (χ4v) is 2.80. The van der Waals surface area contributed by atoms with Crippen molar-refractivity contribution in [3.63, 3.8) is 0 Å². The number of hydrogen-bond acceptors (Lipinski definition) is 5. The minimum atomic E-state index is 0.0415. The Morgan fingerprint density at radius 3 is 2.90 bits per heavy atom. The molecule has 0 aliphatic carbocycles. The van der Waals surface area contributed by atoms with Gasteiger partial charge >= 0.3 is 0 Å². The minimum absolute atomic E-state index is 0.0415. The van der Waals surface area contributed by atoms with Crippen LogP contribution in [-0.4, -0.2) is 53.8 Å². The first-order valence-corrected chi connectivity index (χ1v) is 8.11. The molecule has 1 amide bonds. The number of likely N-dealkylation sites (tertiary alicyclic amines) is 1. The first-order valence-electron chi connectivity index (χ1n) is 6.89. The van der Waals surface area contributed by atoms with Gasteiger partial charge in [0.25, 0.3) is 5.91 Å². The van der Waals surface area contributed by atoms with E-state index in [0.29, 0.717) is 16.6 Å². The van der Waals surface area contributed by atoms with E-state index in [1.54, 1.807) is 19.5 Å². The van der Waals surface area contributed by atoms with Gasteiger partial charge in [0.2, 0.25) is 0 Å². The fourth-order valence-electron chi connectivity index (χ4n) is 2.48. The van der Waals surface area contributed by atoms with Crippen LogP contribution in [0.5, 0.6) is 0 Å². The molecular weight excluding hydrogens is 274 g/mol. The van der Waals surface area contributed by atoms with Crippen LogP contribution < -0.4 is 0 Å². The molecule has 1 aliphatic heterocycles. The molecule has 20 heavy (non-hydrogen) atoms. The van der Waals surface area contributed by atoms with Crippen LogP contribution in [0.3, 0.4) is 0 Å². The van der Waals surface area contributed by atoms with E-state index in [9.17, 15) is 4.79 Å². The van der Waals surface area contributed by atoms with Gasteiger partial charge in [0.15, 0.2) is 5.16 Å². The average Bonchev–Trinajstić information content (AvgIpc) is 2.52. The van der Waals surface area contributed by atoms with E-state index in [1.165, 1.54) is 18.2 Å². The van der Waals surface area contributed by atoms with Gasteiger partial charge < -0.3 is 9.64 Å². The standard InChI is InChI=1S/C14H21N3O2S/c1-19-7-5-11-4-3-6-17(10-11)13(18)12-8-15-14(20-2)16-9-12/h8-9,11H,3-7,10H2,1-2H3/t11-/m0/s1. The molecule has 0 saturated carbocycles. The largest absolute Gasteiger partial charge is 0.385 e. The van der Waals surface area contributed by atoms with Gasteiger partial charge in [-0.1, -0.05) is 11.8 Å². The highest BCUT2D eigenvalue weighted by Gasteiger charge is 2.24. The van der Waals surface area contributed by atoms with E-state index in [1.807, 2.05) is 11.2 Å². The number of rotatable bonds is 5. The second-order valence-electron chi connectivity index (χ2n) is 5.00. The number of amides is 1. The Balaban J connectivity index is 1.96. The number of carbonyl (C=O) groups excluding carboxylic acids is 1. The second kappa shape index (κ2) is 7.59. The molecule has 1 saturated heterocycles. The van der Waals surface area contributed by atoms with Gasteiger partial charge in [0, 0.05) is 39.2 Å². The minimum Gasteiger partial charge on any atom is -0.385 e. The molecule has 110 valence electrons. The lowest BCUT2D eigenvalue weighted by Gasteiger charge is -2.32. The molecule has 0 radical (unpaired) electrons. The monoisotopic (exact) mass is 295 g/mol. The van der Waals surface area contributed by atoms with Crippen LogP contribution in [0.4, 0.5) is 0 Å². The van der Waals surface area contributed by atoms with Crippen molar-refractivity contribution in [2.75, 3.05) is 33.1 Å². The van der Waals surface area contributed by atoms with Gasteiger partial charge in [-0.15, -0.1) is 0 Å². The molecule has 0 aromatic carbocycles. The summed E-state index contributed by atoms with van der Waals surface area (Å²) in [5.74, 6) is 0.582. The van der Waals surface area contributed by atoms with E-state index >= 15 is 0 Å². The van der Waals surface area contributed by atoms with Crippen LogP contribution in [0.1, 0.15) is 29.6 Å². The molecule has 1 aromatic rings. The van der Waals surface area contributed by atoms with E-state index in [4.69, 9.17) is 4.74 Å². The summed E-state index contributed by atoms with van der Waals surface area (Å²) in [6, 6.07) is 0. The van der Waals surface area contributed by atoms with Crippen LogP contribution in [0.25, 0.3) is 0 Å². The quantitative estimate of drug-likeness (QED) is 0.615. The zero-order valence-corrected chi connectivity index (χ0v) is 12.9. The first kappa shape index (κ1) is 15.3. The SMILES string of the molecule is COCC[C@@H]1CCCN(C(=O)c2cnc(SC)nc2)C1. The topological polar surface area (TPSA) is 55.3 Å². The molecule has 1 atom stereocenters. The number of methoxy groups -OCH3 is 1. The summed E-state index contributed by atoms with van der Waals surface area (Å²) in [7, 11) is 1.72. The Morgan fingerprint density at radius 2 is 2.25 bits per heavy atom. The number of ether oxygens (including phenoxy) is 1. The van der Waals surface area contributed by atoms with Crippen molar-refractivity contribution >= 4 is 17.7 Å². The van der Waals surface area contributed by atoms with Crippen LogP contribution in [0.15, 0.2) is 17.6 Å². The van der Waals surface area contributed by atoms with Crippen molar-refractivity contribution in [3.8, 4) is 0 Å². The van der Waals surface area contributed by atoms with E-state index < -0.39 is 0 Å². The Hall–Kier alpha value is -1.14. The molecular formula is C14H21N3O2S. The summed E-state index contributed by atoms with van der Waals surface area (Å²) in [4.78, 5) is 22.7. The van der Waals surface area contributed by atoms with Crippen LogP contribution in [0, 0.1) is 5.92 Å². The summed E-state index contributed by atoms with van der Waals surface area (Å²) < 4.78 is 5.12. The molecule has 5 nitrogen and oxygen atoms in total. The Morgan fingerprint density at radius 1 is 1.50 bits per heavy atom.